The summed E-state index contributed by atoms with van der Waals surface area (Å²) in [6, 6.07) is 14.0. The molecule has 1 atom stereocenters. The average molecular weight is 420 g/mol. The van der Waals surface area contributed by atoms with Crippen LogP contribution in [0.3, 0.4) is 0 Å². The SMILES string of the molecule is CCc1nn2cc3c(nc2c1-c1ccc(F)cc1)CC(c1ccc(Cl)cc1)CC3=O. The fraction of sp³-hybridized carbons (Fsp3) is 0.208. The molecule has 0 aliphatic heterocycles. The number of aryl methyl sites for hydroxylation is 1. The van der Waals surface area contributed by atoms with Crippen molar-refractivity contribution in [3.63, 3.8) is 0 Å². The van der Waals surface area contributed by atoms with Gasteiger partial charge in [0, 0.05) is 23.2 Å². The number of carbonyl (C=O) groups is 1. The molecule has 2 heterocycles. The second-order valence-electron chi connectivity index (χ2n) is 7.63. The number of rotatable bonds is 3. The van der Waals surface area contributed by atoms with Gasteiger partial charge in [0.25, 0.3) is 0 Å². The monoisotopic (exact) mass is 419 g/mol. The Labute approximate surface area is 178 Å². The summed E-state index contributed by atoms with van der Waals surface area (Å²) in [6.07, 6.45) is 3.62. The number of Topliss-reactive ketones (excluding diaryl/α,β-unsaturated/α-hetero) is 1. The highest BCUT2D eigenvalue weighted by Gasteiger charge is 2.29. The van der Waals surface area contributed by atoms with Gasteiger partial charge in [-0.15, -0.1) is 0 Å². The van der Waals surface area contributed by atoms with Gasteiger partial charge in [-0.05, 0) is 54.2 Å². The molecular weight excluding hydrogens is 401 g/mol. The second-order valence-corrected chi connectivity index (χ2v) is 8.07. The van der Waals surface area contributed by atoms with E-state index >= 15 is 0 Å². The Morgan fingerprint density at radius 2 is 1.83 bits per heavy atom. The Hall–Kier alpha value is -3.05. The Morgan fingerprint density at radius 3 is 2.53 bits per heavy atom. The normalized spacial score (nSPS) is 16.1. The Balaban J connectivity index is 1.63. The predicted octanol–water partition coefficient (Wildman–Crippen LogP) is 5.66. The molecule has 2 aromatic heterocycles. The van der Waals surface area contributed by atoms with Crippen LogP contribution in [0.1, 0.15) is 46.6 Å². The summed E-state index contributed by atoms with van der Waals surface area (Å²) in [6.45, 7) is 2.02. The van der Waals surface area contributed by atoms with Crippen LogP contribution < -0.4 is 0 Å². The van der Waals surface area contributed by atoms with Gasteiger partial charge in [0.15, 0.2) is 11.4 Å². The maximum atomic E-state index is 13.4. The van der Waals surface area contributed by atoms with Crippen LogP contribution in [-0.2, 0) is 12.8 Å². The molecule has 30 heavy (non-hydrogen) atoms. The predicted molar refractivity (Wildman–Crippen MR) is 115 cm³/mol. The van der Waals surface area contributed by atoms with Gasteiger partial charge in [-0.25, -0.2) is 13.9 Å². The fourth-order valence-electron chi connectivity index (χ4n) is 4.21. The molecule has 150 valence electrons. The third-order valence-corrected chi connectivity index (χ3v) is 5.99. The molecule has 2 aromatic carbocycles. The topological polar surface area (TPSA) is 47.3 Å². The fourth-order valence-corrected chi connectivity index (χ4v) is 4.34. The van der Waals surface area contributed by atoms with Crippen LogP contribution in [0.25, 0.3) is 16.8 Å². The molecule has 0 amide bonds. The first-order valence-corrected chi connectivity index (χ1v) is 10.4. The quantitative estimate of drug-likeness (QED) is 0.430. The lowest BCUT2D eigenvalue weighted by Gasteiger charge is -2.23. The van der Waals surface area contributed by atoms with E-state index in [1.54, 1.807) is 22.8 Å². The Morgan fingerprint density at radius 1 is 1.10 bits per heavy atom. The number of hydrogen-bond acceptors (Lipinski definition) is 3. The zero-order valence-electron chi connectivity index (χ0n) is 16.4. The van der Waals surface area contributed by atoms with E-state index in [-0.39, 0.29) is 17.5 Å². The number of benzene rings is 2. The highest BCUT2D eigenvalue weighted by molar-refractivity contribution is 6.30. The van der Waals surface area contributed by atoms with Crippen molar-refractivity contribution in [1.82, 2.24) is 14.6 Å². The zero-order valence-corrected chi connectivity index (χ0v) is 17.2. The first kappa shape index (κ1) is 18.9. The lowest BCUT2D eigenvalue weighted by molar-refractivity contribution is 0.0962. The van der Waals surface area contributed by atoms with E-state index in [9.17, 15) is 9.18 Å². The summed E-state index contributed by atoms with van der Waals surface area (Å²) in [4.78, 5) is 17.8. The van der Waals surface area contributed by atoms with Crippen LogP contribution in [0.5, 0.6) is 0 Å². The van der Waals surface area contributed by atoms with E-state index in [2.05, 4.69) is 5.10 Å². The third kappa shape index (κ3) is 3.19. The van der Waals surface area contributed by atoms with Crippen molar-refractivity contribution in [2.45, 2.75) is 32.1 Å². The van der Waals surface area contributed by atoms with Crippen LogP contribution >= 0.6 is 11.6 Å². The summed E-state index contributed by atoms with van der Waals surface area (Å²) in [5, 5.41) is 5.33. The second kappa shape index (κ2) is 7.33. The molecule has 4 nitrogen and oxygen atoms in total. The van der Waals surface area contributed by atoms with Crippen molar-refractivity contribution < 1.29 is 9.18 Å². The van der Waals surface area contributed by atoms with Gasteiger partial charge in [-0.1, -0.05) is 42.8 Å². The molecule has 0 fully saturated rings. The number of carbonyl (C=O) groups excluding carboxylic acids is 1. The van der Waals surface area contributed by atoms with E-state index in [4.69, 9.17) is 16.6 Å². The van der Waals surface area contributed by atoms with Gasteiger partial charge >= 0.3 is 0 Å². The highest BCUT2D eigenvalue weighted by atomic mass is 35.5. The van der Waals surface area contributed by atoms with Crippen molar-refractivity contribution >= 4 is 23.0 Å². The van der Waals surface area contributed by atoms with Crippen molar-refractivity contribution in [2.75, 3.05) is 0 Å². The zero-order chi connectivity index (χ0) is 20.8. The molecule has 4 aromatic rings. The molecule has 6 heteroatoms. The summed E-state index contributed by atoms with van der Waals surface area (Å²) >= 11 is 6.01. The van der Waals surface area contributed by atoms with Crippen molar-refractivity contribution in [3.05, 3.63) is 88.1 Å². The summed E-state index contributed by atoms with van der Waals surface area (Å²) in [5.41, 5.74) is 5.82. The van der Waals surface area contributed by atoms with E-state index < -0.39 is 0 Å². The lowest BCUT2D eigenvalue weighted by Crippen LogP contribution is -2.21. The molecule has 0 saturated carbocycles. The summed E-state index contributed by atoms with van der Waals surface area (Å²) in [5.74, 6) is -0.141. The number of halogens is 2. The van der Waals surface area contributed by atoms with Gasteiger partial charge < -0.3 is 0 Å². The number of aromatic nitrogens is 3. The van der Waals surface area contributed by atoms with Gasteiger partial charge in [-0.3, -0.25) is 4.79 Å². The number of ketones is 1. The standard InChI is InChI=1S/C24H19ClFN3O/c1-2-20-23(15-5-9-18(26)10-6-15)24-27-21-11-16(14-3-7-17(25)8-4-14)12-22(30)19(21)13-29(24)28-20/h3-10,13,16H,2,11-12H2,1H3. The molecule has 0 saturated heterocycles. The Kier molecular flexibility index (Phi) is 4.63. The van der Waals surface area contributed by atoms with Gasteiger partial charge in [0.1, 0.15) is 5.82 Å². The molecule has 0 spiro atoms. The van der Waals surface area contributed by atoms with Crippen LogP contribution in [0.15, 0.2) is 54.7 Å². The molecule has 1 unspecified atom stereocenters. The smallest absolute Gasteiger partial charge is 0.166 e. The minimum absolute atomic E-state index is 0.0695. The van der Waals surface area contributed by atoms with Gasteiger partial charge in [0.2, 0.25) is 0 Å². The van der Waals surface area contributed by atoms with E-state index in [0.717, 1.165) is 28.1 Å². The summed E-state index contributed by atoms with van der Waals surface area (Å²) in [7, 11) is 0. The van der Waals surface area contributed by atoms with E-state index in [1.165, 1.54) is 12.1 Å². The molecule has 0 bridgehead atoms. The van der Waals surface area contributed by atoms with E-state index in [1.807, 2.05) is 31.2 Å². The minimum Gasteiger partial charge on any atom is -0.294 e. The molecule has 0 N–H and O–H groups in total. The maximum absolute atomic E-state index is 13.4. The van der Waals surface area contributed by atoms with Crippen molar-refractivity contribution in [1.29, 1.82) is 0 Å². The molecule has 0 radical (unpaired) electrons. The highest BCUT2D eigenvalue weighted by Crippen LogP contribution is 2.35. The molecule has 1 aliphatic rings. The van der Waals surface area contributed by atoms with Crippen molar-refractivity contribution in [3.8, 4) is 11.1 Å². The molecule has 1 aliphatic carbocycles. The number of fused-ring (bicyclic) bond motifs is 2. The van der Waals surface area contributed by atoms with Crippen LogP contribution in [-0.4, -0.2) is 20.4 Å². The third-order valence-electron chi connectivity index (χ3n) is 5.74. The van der Waals surface area contributed by atoms with E-state index in [0.29, 0.717) is 35.5 Å². The maximum Gasteiger partial charge on any atom is 0.166 e. The molecular formula is C24H19ClFN3O. The van der Waals surface area contributed by atoms with Crippen LogP contribution in [0.2, 0.25) is 5.02 Å². The minimum atomic E-state index is -0.282. The first-order chi connectivity index (χ1) is 14.5. The van der Waals surface area contributed by atoms with Gasteiger partial charge in [0.05, 0.1) is 17.0 Å². The van der Waals surface area contributed by atoms with Crippen LogP contribution in [0.4, 0.5) is 4.39 Å². The first-order valence-electron chi connectivity index (χ1n) is 9.99. The van der Waals surface area contributed by atoms with Crippen LogP contribution in [0, 0.1) is 5.82 Å². The lowest BCUT2D eigenvalue weighted by atomic mass is 9.82. The molecule has 5 rings (SSSR count). The largest absolute Gasteiger partial charge is 0.294 e. The average Bonchev–Trinajstić information content (AvgIpc) is 3.11. The van der Waals surface area contributed by atoms with Crippen molar-refractivity contribution in [2.24, 2.45) is 0 Å². The number of hydrogen-bond donors (Lipinski definition) is 0. The summed E-state index contributed by atoms with van der Waals surface area (Å²) < 4.78 is 15.1. The van der Waals surface area contributed by atoms with Gasteiger partial charge in [-0.2, -0.15) is 5.10 Å². The number of nitrogens with zero attached hydrogens (tertiary/aromatic N) is 3. The Bertz CT molecular complexity index is 1260.